The number of nitrogens with one attached hydrogen (secondary N) is 1. The van der Waals surface area contributed by atoms with Crippen LogP contribution in [0, 0.1) is 0 Å². The topological polar surface area (TPSA) is 58.6 Å². The molecule has 0 heterocycles. The van der Waals surface area contributed by atoms with Crippen molar-refractivity contribution >= 4 is 23.4 Å². The summed E-state index contributed by atoms with van der Waals surface area (Å²) >= 11 is 5.93. The Morgan fingerprint density at radius 2 is 1.74 bits per heavy atom. The minimum atomic E-state index is -0.393. The molecular formula is C21H25ClN2O3. The van der Waals surface area contributed by atoms with E-state index in [1.54, 1.807) is 24.1 Å². The van der Waals surface area contributed by atoms with E-state index in [4.69, 9.17) is 16.3 Å². The van der Waals surface area contributed by atoms with Crippen LogP contribution in [0.1, 0.15) is 37.4 Å². The van der Waals surface area contributed by atoms with Crippen LogP contribution in [0.15, 0.2) is 48.5 Å². The van der Waals surface area contributed by atoms with Crippen LogP contribution < -0.4 is 10.1 Å². The largest absolute Gasteiger partial charge is 0.494 e. The van der Waals surface area contributed by atoms with Crippen LogP contribution in [0.2, 0.25) is 5.02 Å². The normalized spacial score (nSPS) is 11.6. The Hall–Kier alpha value is -2.53. The van der Waals surface area contributed by atoms with E-state index in [9.17, 15) is 9.59 Å². The maximum atomic E-state index is 12.7. The number of ether oxygens (including phenoxy) is 1. The summed E-state index contributed by atoms with van der Waals surface area (Å²) in [4.78, 5) is 25.9. The molecule has 2 aromatic carbocycles. The molecule has 144 valence electrons. The Morgan fingerprint density at radius 3 is 2.30 bits per heavy atom. The van der Waals surface area contributed by atoms with Gasteiger partial charge in [0.25, 0.3) is 0 Å². The average Bonchev–Trinajstić information content (AvgIpc) is 2.63. The summed E-state index contributed by atoms with van der Waals surface area (Å²) in [5.41, 5.74) is 1.86. The third kappa shape index (κ3) is 6.61. The summed E-state index contributed by atoms with van der Waals surface area (Å²) in [5, 5.41) is 3.45. The van der Waals surface area contributed by atoms with Gasteiger partial charge in [-0.2, -0.15) is 0 Å². The first kappa shape index (κ1) is 20.8. The second kappa shape index (κ2) is 9.97. The Morgan fingerprint density at radius 1 is 1.11 bits per heavy atom. The summed E-state index contributed by atoms with van der Waals surface area (Å²) in [6.45, 7) is 4.48. The SMILES string of the molecule is CCOc1ccc(CN(C)C(=O)CC(NC(C)=O)c2ccc(Cl)cc2)cc1. The van der Waals surface area contributed by atoms with Gasteiger partial charge < -0.3 is 15.0 Å². The van der Waals surface area contributed by atoms with Gasteiger partial charge in [0.2, 0.25) is 11.8 Å². The van der Waals surface area contributed by atoms with Crippen molar-refractivity contribution in [3.05, 3.63) is 64.7 Å². The molecule has 0 bridgehead atoms. The van der Waals surface area contributed by atoms with Crippen LogP contribution in [0.25, 0.3) is 0 Å². The summed E-state index contributed by atoms with van der Waals surface area (Å²) in [7, 11) is 1.76. The smallest absolute Gasteiger partial charge is 0.225 e. The molecule has 0 fully saturated rings. The lowest BCUT2D eigenvalue weighted by atomic mass is 10.0. The molecule has 0 saturated carbocycles. The zero-order valence-corrected chi connectivity index (χ0v) is 16.6. The number of benzene rings is 2. The summed E-state index contributed by atoms with van der Waals surface area (Å²) in [6.07, 6.45) is 0.175. The zero-order chi connectivity index (χ0) is 19.8. The molecule has 0 spiro atoms. The van der Waals surface area contributed by atoms with Crippen molar-refractivity contribution in [1.82, 2.24) is 10.2 Å². The Kier molecular flexibility index (Phi) is 7.67. The fourth-order valence-electron chi connectivity index (χ4n) is 2.74. The van der Waals surface area contributed by atoms with Crippen LogP contribution in [0.5, 0.6) is 5.75 Å². The van der Waals surface area contributed by atoms with Crippen molar-refractivity contribution < 1.29 is 14.3 Å². The van der Waals surface area contributed by atoms with Crippen molar-refractivity contribution in [2.75, 3.05) is 13.7 Å². The highest BCUT2D eigenvalue weighted by molar-refractivity contribution is 6.30. The van der Waals surface area contributed by atoms with E-state index in [0.29, 0.717) is 18.2 Å². The Labute approximate surface area is 165 Å². The molecule has 2 rings (SSSR count). The van der Waals surface area contributed by atoms with Gasteiger partial charge in [-0.05, 0) is 42.3 Å². The first-order valence-corrected chi connectivity index (χ1v) is 9.25. The van der Waals surface area contributed by atoms with Gasteiger partial charge in [-0.3, -0.25) is 9.59 Å². The maximum absolute atomic E-state index is 12.7. The van der Waals surface area contributed by atoms with Crippen LogP contribution in [-0.2, 0) is 16.1 Å². The summed E-state index contributed by atoms with van der Waals surface area (Å²) < 4.78 is 5.43. The third-order valence-corrected chi connectivity index (χ3v) is 4.36. The molecular weight excluding hydrogens is 364 g/mol. The minimum Gasteiger partial charge on any atom is -0.494 e. The van der Waals surface area contributed by atoms with Crippen LogP contribution in [0.3, 0.4) is 0 Å². The second-order valence-electron chi connectivity index (χ2n) is 6.34. The van der Waals surface area contributed by atoms with Crippen molar-refractivity contribution in [3.63, 3.8) is 0 Å². The van der Waals surface area contributed by atoms with Crippen molar-refractivity contribution in [3.8, 4) is 5.75 Å². The van der Waals surface area contributed by atoms with E-state index in [2.05, 4.69) is 5.32 Å². The lowest BCUT2D eigenvalue weighted by molar-refractivity contribution is -0.131. The molecule has 0 saturated heterocycles. The van der Waals surface area contributed by atoms with E-state index >= 15 is 0 Å². The summed E-state index contributed by atoms with van der Waals surface area (Å²) in [5.74, 6) is 0.568. The molecule has 5 nitrogen and oxygen atoms in total. The number of nitrogens with zero attached hydrogens (tertiary/aromatic N) is 1. The third-order valence-electron chi connectivity index (χ3n) is 4.11. The van der Waals surface area contributed by atoms with Gasteiger partial charge in [-0.25, -0.2) is 0 Å². The van der Waals surface area contributed by atoms with Crippen LogP contribution in [-0.4, -0.2) is 30.4 Å². The molecule has 0 aliphatic heterocycles. The molecule has 1 N–H and O–H groups in total. The summed E-state index contributed by atoms with van der Waals surface area (Å²) in [6, 6.07) is 14.4. The predicted molar refractivity (Wildman–Crippen MR) is 107 cm³/mol. The standard InChI is InChI=1S/C21H25ClN2O3/c1-4-27-19-11-5-16(6-12-19)14-24(3)21(26)13-20(23-15(2)25)17-7-9-18(22)10-8-17/h5-12,20H,4,13-14H2,1-3H3,(H,23,25). The quantitative estimate of drug-likeness (QED) is 0.744. The van der Waals surface area contributed by atoms with E-state index in [-0.39, 0.29) is 18.2 Å². The van der Waals surface area contributed by atoms with Crippen LogP contribution in [0.4, 0.5) is 0 Å². The molecule has 1 atom stereocenters. The fraction of sp³-hybridized carbons (Fsp3) is 0.333. The van der Waals surface area contributed by atoms with Gasteiger partial charge in [0.05, 0.1) is 19.1 Å². The van der Waals surface area contributed by atoms with Gasteiger partial charge in [0.15, 0.2) is 0 Å². The number of hydrogen-bond acceptors (Lipinski definition) is 3. The Bertz CT molecular complexity index is 760. The molecule has 0 radical (unpaired) electrons. The number of halogens is 1. The molecule has 0 aromatic heterocycles. The molecule has 2 amide bonds. The number of rotatable bonds is 8. The van der Waals surface area contributed by atoms with E-state index in [0.717, 1.165) is 16.9 Å². The number of amides is 2. The minimum absolute atomic E-state index is 0.0578. The highest BCUT2D eigenvalue weighted by Crippen LogP contribution is 2.21. The van der Waals surface area contributed by atoms with E-state index in [1.165, 1.54) is 6.92 Å². The average molecular weight is 389 g/mol. The second-order valence-corrected chi connectivity index (χ2v) is 6.77. The highest BCUT2D eigenvalue weighted by Gasteiger charge is 2.19. The monoisotopic (exact) mass is 388 g/mol. The van der Waals surface area contributed by atoms with Gasteiger partial charge in [0.1, 0.15) is 5.75 Å². The molecule has 27 heavy (non-hydrogen) atoms. The first-order chi connectivity index (χ1) is 12.9. The Balaban J connectivity index is 2.02. The lowest BCUT2D eigenvalue weighted by Crippen LogP contribution is -2.33. The van der Waals surface area contributed by atoms with Crippen LogP contribution >= 0.6 is 11.6 Å². The van der Waals surface area contributed by atoms with Crippen molar-refractivity contribution in [2.24, 2.45) is 0 Å². The molecule has 2 aromatic rings. The van der Waals surface area contributed by atoms with Gasteiger partial charge in [-0.1, -0.05) is 35.9 Å². The zero-order valence-electron chi connectivity index (χ0n) is 15.9. The maximum Gasteiger partial charge on any atom is 0.225 e. The van der Waals surface area contributed by atoms with E-state index in [1.807, 2.05) is 43.3 Å². The molecule has 1 unspecified atom stereocenters. The number of carbonyl (C=O) groups excluding carboxylic acids is 2. The predicted octanol–water partition coefficient (Wildman–Crippen LogP) is 3.96. The van der Waals surface area contributed by atoms with Gasteiger partial charge >= 0.3 is 0 Å². The molecule has 0 aliphatic rings. The molecule has 6 heteroatoms. The number of carbonyl (C=O) groups is 2. The number of hydrogen-bond donors (Lipinski definition) is 1. The fourth-order valence-corrected chi connectivity index (χ4v) is 2.87. The first-order valence-electron chi connectivity index (χ1n) is 8.87. The van der Waals surface area contributed by atoms with Gasteiger partial charge in [-0.15, -0.1) is 0 Å². The van der Waals surface area contributed by atoms with Crippen molar-refractivity contribution in [1.29, 1.82) is 0 Å². The van der Waals surface area contributed by atoms with Crippen molar-refractivity contribution in [2.45, 2.75) is 32.9 Å². The van der Waals surface area contributed by atoms with Gasteiger partial charge in [0, 0.05) is 25.5 Å². The lowest BCUT2D eigenvalue weighted by Gasteiger charge is -2.23. The van der Waals surface area contributed by atoms with E-state index < -0.39 is 6.04 Å². The highest BCUT2D eigenvalue weighted by atomic mass is 35.5. The molecule has 0 aliphatic carbocycles.